The number of guanidine groups is 1. The van der Waals surface area contributed by atoms with E-state index < -0.39 is 0 Å². The minimum atomic E-state index is 0. The highest BCUT2D eigenvalue weighted by Crippen LogP contribution is 2.34. The average molecular weight is 514 g/mol. The van der Waals surface area contributed by atoms with E-state index in [-0.39, 0.29) is 24.0 Å². The third kappa shape index (κ3) is 7.72. The number of benzene rings is 1. The predicted octanol–water partition coefficient (Wildman–Crippen LogP) is 3.55. The summed E-state index contributed by atoms with van der Waals surface area (Å²) in [7, 11) is 4.37. The zero-order chi connectivity index (χ0) is 19.9. The number of likely N-dealkylation sites (tertiary alicyclic amines) is 1. The molecule has 1 aromatic rings. The molecule has 3 atom stereocenters. The molecule has 5 nitrogen and oxygen atoms in total. The first kappa shape index (κ1) is 24.4. The Bertz CT molecular complexity index is 615. The molecule has 2 aliphatic rings. The summed E-state index contributed by atoms with van der Waals surface area (Å²) >= 11 is 0. The molecule has 1 heterocycles. The largest absolute Gasteiger partial charge is 0.357 e. The van der Waals surface area contributed by atoms with Crippen LogP contribution in [-0.4, -0.2) is 67.6 Å². The molecule has 29 heavy (non-hydrogen) atoms. The fraction of sp³-hybridized carbons (Fsp3) is 0.696. The van der Waals surface area contributed by atoms with Crippen molar-refractivity contribution in [3.63, 3.8) is 0 Å². The zero-order valence-corrected chi connectivity index (χ0v) is 20.9. The molecule has 2 fully saturated rings. The van der Waals surface area contributed by atoms with Crippen LogP contribution in [0.15, 0.2) is 35.3 Å². The highest BCUT2D eigenvalue weighted by molar-refractivity contribution is 14.0. The van der Waals surface area contributed by atoms with Gasteiger partial charge in [-0.1, -0.05) is 30.3 Å². The summed E-state index contributed by atoms with van der Waals surface area (Å²) < 4.78 is 0. The molecule has 2 N–H and O–H groups in total. The lowest BCUT2D eigenvalue weighted by molar-refractivity contribution is 0.134. The molecule has 0 radical (unpaired) electrons. The maximum Gasteiger partial charge on any atom is 0.191 e. The van der Waals surface area contributed by atoms with E-state index in [1.54, 1.807) is 0 Å². The molecule has 3 rings (SSSR count). The van der Waals surface area contributed by atoms with Crippen LogP contribution in [0.1, 0.15) is 45.1 Å². The Morgan fingerprint density at radius 1 is 1.21 bits per heavy atom. The normalized spacial score (nSPS) is 24.1. The van der Waals surface area contributed by atoms with Gasteiger partial charge in [-0.3, -0.25) is 9.89 Å². The highest BCUT2D eigenvalue weighted by atomic mass is 127. The molecule has 1 aliphatic carbocycles. The fourth-order valence-corrected chi connectivity index (χ4v) is 4.32. The molecule has 0 spiro atoms. The van der Waals surface area contributed by atoms with Gasteiger partial charge in [0.1, 0.15) is 0 Å². The lowest BCUT2D eigenvalue weighted by Gasteiger charge is -2.38. The van der Waals surface area contributed by atoms with Crippen molar-refractivity contribution in [2.45, 2.75) is 64.2 Å². The van der Waals surface area contributed by atoms with E-state index in [2.05, 4.69) is 78.7 Å². The summed E-state index contributed by atoms with van der Waals surface area (Å²) in [5.74, 6) is 1.83. The summed E-state index contributed by atoms with van der Waals surface area (Å²) in [5.41, 5.74) is 1.41. The number of nitrogens with zero attached hydrogens (tertiary/aromatic N) is 3. The van der Waals surface area contributed by atoms with E-state index in [0.717, 1.165) is 44.5 Å². The molecule has 1 aliphatic heterocycles. The smallest absolute Gasteiger partial charge is 0.191 e. The Labute approximate surface area is 194 Å². The van der Waals surface area contributed by atoms with Gasteiger partial charge in [-0.15, -0.1) is 24.0 Å². The Morgan fingerprint density at radius 2 is 1.93 bits per heavy atom. The molecule has 1 saturated carbocycles. The first-order chi connectivity index (χ1) is 13.6. The Morgan fingerprint density at radius 3 is 2.52 bits per heavy atom. The molecule has 0 bridgehead atoms. The Balaban J connectivity index is 0.00000300. The van der Waals surface area contributed by atoms with Gasteiger partial charge in [0.25, 0.3) is 0 Å². The lowest BCUT2D eigenvalue weighted by atomic mass is 9.97. The molecule has 1 saturated heterocycles. The first-order valence-electron chi connectivity index (χ1n) is 11.1. The zero-order valence-electron chi connectivity index (χ0n) is 18.6. The summed E-state index contributed by atoms with van der Waals surface area (Å²) in [6.07, 6.45) is 5.05. The number of likely N-dealkylation sites (N-methyl/N-ethyl adjacent to an activating group) is 1. The van der Waals surface area contributed by atoms with Gasteiger partial charge in [0.2, 0.25) is 0 Å². The van der Waals surface area contributed by atoms with Crippen molar-refractivity contribution in [2.75, 3.05) is 33.7 Å². The van der Waals surface area contributed by atoms with Crippen molar-refractivity contribution in [1.82, 2.24) is 20.4 Å². The van der Waals surface area contributed by atoms with E-state index in [0.29, 0.717) is 18.1 Å². The second-order valence-electron chi connectivity index (χ2n) is 8.76. The molecule has 1 aromatic carbocycles. The minimum absolute atomic E-state index is 0. The van der Waals surface area contributed by atoms with Crippen LogP contribution < -0.4 is 10.6 Å². The average Bonchev–Trinajstić information content (AvgIpc) is 3.50. The van der Waals surface area contributed by atoms with Crippen LogP contribution in [0.25, 0.3) is 0 Å². The van der Waals surface area contributed by atoms with Gasteiger partial charge in [-0.2, -0.15) is 0 Å². The first-order valence-corrected chi connectivity index (χ1v) is 11.1. The Hall–Kier alpha value is -0.860. The predicted molar refractivity (Wildman–Crippen MR) is 134 cm³/mol. The summed E-state index contributed by atoms with van der Waals surface area (Å²) in [6, 6.07) is 12.5. The highest BCUT2D eigenvalue weighted by Gasteiger charge is 2.32. The number of nitrogens with one attached hydrogen (secondary N) is 2. The quantitative estimate of drug-likeness (QED) is 0.317. The summed E-state index contributed by atoms with van der Waals surface area (Å²) in [6.45, 7) is 8.48. The van der Waals surface area contributed by atoms with Gasteiger partial charge in [0.05, 0.1) is 6.54 Å². The van der Waals surface area contributed by atoms with Crippen LogP contribution in [0.3, 0.4) is 0 Å². The van der Waals surface area contributed by atoms with Gasteiger partial charge >= 0.3 is 0 Å². The van der Waals surface area contributed by atoms with Crippen molar-refractivity contribution in [1.29, 1.82) is 0 Å². The number of hydrogen-bond acceptors (Lipinski definition) is 3. The van der Waals surface area contributed by atoms with Gasteiger partial charge in [0, 0.05) is 37.8 Å². The number of piperidine rings is 1. The van der Waals surface area contributed by atoms with E-state index in [4.69, 9.17) is 4.99 Å². The third-order valence-electron chi connectivity index (χ3n) is 6.19. The van der Waals surface area contributed by atoms with Gasteiger partial charge in [0.15, 0.2) is 5.96 Å². The standard InChI is InChI=1S/C23H39N5.HI/c1-5-24-23(25-16-22(27(3)4)20-11-12-20)26-21-13-14-28(18(2)15-21)17-19-9-7-6-8-10-19;/h6-10,18,20-22H,5,11-17H2,1-4H3,(H2,24,25,26);1H. The summed E-state index contributed by atoms with van der Waals surface area (Å²) in [4.78, 5) is 9.89. The van der Waals surface area contributed by atoms with E-state index >= 15 is 0 Å². The van der Waals surface area contributed by atoms with Crippen LogP contribution in [0.4, 0.5) is 0 Å². The van der Waals surface area contributed by atoms with Crippen LogP contribution in [0, 0.1) is 5.92 Å². The lowest BCUT2D eigenvalue weighted by Crippen LogP contribution is -2.51. The number of hydrogen-bond donors (Lipinski definition) is 2. The number of halogens is 1. The van der Waals surface area contributed by atoms with Crippen molar-refractivity contribution in [3.8, 4) is 0 Å². The monoisotopic (exact) mass is 513 g/mol. The molecule has 164 valence electrons. The Kier molecular flexibility index (Phi) is 10.2. The number of rotatable bonds is 8. The third-order valence-corrected chi connectivity index (χ3v) is 6.19. The van der Waals surface area contributed by atoms with Gasteiger partial charge < -0.3 is 15.5 Å². The van der Waals surface area contributed by atoms with Gasteiger partial charge in [-0.05, 0) is 65.1 Å². The topological polar surface area (TPSA) is 42.9 Å². The van der Waals surface area contributed by atoms with Crippen LogP contribution in [0.5, 0.6) is 0 Å². The molecular formula is C23H40IN5. The fourth-order valence-electron chi connectivity index (χ4n) is 4.32. The maximum atomic E-state index is 4.94. The SMILES string of the molecule is CCNC(=NCC(C1CC1)N(C)C)NC1CCN(Cc2ccccc2)C(C)C1.I. The second-order valence-corrected chi connectivity index (χ2v) is 8.76. The van der Waals surface area contributed by atoms with E-state index in [9.17, 15) is 0 Å². The molecule has 0 aromatic heterocycles. The maximum absolute atomic E-state index is 4.94. The van der Waals surface area contributed by atoms with Crippen LogP contribution in [0.2, 0.25) is 0 Å². The molecule has 6 heteroatoms. The van der Waals surface area contributed by atoms with Crippen molar-refractivity contribution < 1.29 is 0 Å². The van der Waals surface area contributed by atoms with Gasteiger partial charge in [-0.25, -0.2) is 0 Å². The van der Waals surface area contributed by atoms with Crippen LogP contribution in [-0.2, 0) is 6.54 Å². The van der Waals surface area contributed by atoms with Crippen molar-refractivity contribution in [2.24, 2.45) is 10.9 Å². The molecule has 0 amide bonds. The number of aliphatic imine (C=N–C) groups is 1. The molecule has 3 unspecified atom stereocenters. The van der Waals surface area contributed by atoms with Crippen LogP contribution >= 0.6 is 24.0 Å². The van der Waals surface area contributed by atoms with Crippen molar-refractivity contribution in [3.05, 3.63) is 35.9 Å². The molecular weight excluding hydrogens is 473 g/mol. The minimum Gasteiger partial charge on any atom is -0.357 e. The summed E-state index contributed by atoms with van der Waals surface area (Å²) in [5, 5.41) is 7.18. The second kappa shape index (κ2) is 12.1. The van der Waals surface area contributed by atoms with E-state index in [1.807, 2.05) is 0 Å². The van der Waals surface area contributed by atoms with E-state index in [1.165, 1.54) is 24.8 Å². The van der Waals surface area contributed by atoms with Crippen molar-refractivity contribution >= 4 is 29.9 Å².